The Hall–Kier alpha value is -2.50. The molecule has 0 aliphatic carbocycles. The fourth-order valence-corrected chi connectivity index (χ4v) is 1.61. The van der Waals surface area contributed by atoms with Crippen LogP contribution in [0.15, 0.2) is 36.4 Å². The number of halogens is 1. The molecule has 1 aromatic carbocycles. The average Bonchev–Trinajstić information content (AvgIpc) is 2.50. The zero-order chi connectivity index (χ0) is 15.2. The summed E-state index contributed by atoms with van der Waals surface area (Å²) in [5, 5.41) is 13.6. The molecule has 1 amide bonds. The predicted molar refractivity (Wildman–Crippen MR) is 79.8 cm³/mol. The van der Waals surface area contributed by atoms with Crippen molar-refractivity contribution < 1.29 is 9.18 Å². The molecule has 110 valence electrons. The first-order chi connectivity index (χ1) is 10.1. The third-order valence-corrected chi connectivity index (χ3v) is 3.01. The maximum atomic E-state index is 12.8. The van der Waals surface area contributed by atoms with Crippen molar-refractivity contribution in [3.8, 4) is 0 Å². The number of nitrogens with one attached hydrogen (secondary N) is 2. The van der Waals surface area contributed by atoms with Gasteiger partial charge >= 0.3 is 0 Å². The van der Waals surface area contributed by atoms with Crippen molar-refractivity contribution in [1.82, 2.24) is 10.2 Å². The Morgan fingerprint density at radius 1 is 1.19 bits per heavy atom. The smallest absolute Gasteiger partial charge is 0.276 e. The lowest BCUT2D eigenvalue weighted by molar-refractivity contribution is 0.102. The second-order valence-corrected chi connectivity index (χ2v) is 4.72. The van der Waals surface area contributed by atoms with Crippen LogP contribution >= 0.6 is 0 Å². The molecule has 1 atom stereocenters. The molecule has 1 aromatic heterocycles. The predicted octanol–water partition coefficient (Wildman–Crippen LogP) is 3.08. The van der Waals surface area contributed by atoms with Crippen LogP contribution in [0.3, 0.4) is 0 Å². The fraction of sp³-hybridized carbons (Fsp3) is 0.267. The quantitative estimate of drug-likeness (QED) is 0.887. The highest BCUT2D eigenvalue weighted by Crippen LogP contribution is 2.10. The molecule has 0 spiro atoms. The first-order valence-electron chi connectivity index (χ1n) is 6.75. The van der Waals surface area contributed by atoms with Gasteiger partial charge in [-0.3, -0.25) is 4.79 Å². The van der Waals surface area contributed by atoms with Gasteiger partial charge in [0.25, 0.3) is 5.91 Å². The Morgan fingerprint density at radius 3 is 2.48 bits per heavy atom. The van der Waals surface area contributed by atoms with Crippen LogP contribution in [0.4, 0.5) is 15.9 Å². The van der Waals surface area contributed by atoms with Crippen molar-refractivity contribution >= 4 is 17.4 Å². The Labute approximate surface area is 122 Å². The monoisotopic (exact) mass is 288 g/mol. The molecule has 1 heterocycles. The topological polar surface area (TPSA) is 66.9 Å². The Kier molecular flexibility index (Phi) is 4.81. The van der Waals surface area contributed by atoms with E-state index in [2.05, 4.69) is 27.8 Å². The van der Waals surface area contributed by atoms with Gasteiger partial charge in [-0.2, -0.15) is 0 Å². The van der Waals surface area contributed by atoms with Gasteiger partial charge in [0.2, 0.25) is 0 Å². The molecular formula is C15H17FN4O. The summed E-state index contributed by atoms with van der Waals surface area (Å²) in [6.45, 7) is 4.10. The van der Waals surface area contributed by atoms with Crippen LogP contribution in [-0.2, 0) is 0 Å². The molecule has 0 saturated heterocycles. The standard InChI is InChI=1S/C15H17FN4O/c1-3-10(2)17-14-9-8-13(19-20-14)15(21)18-12-6-4-11(16)5-7-12/h4-10H,3H2,1-2H3,(H,17,20)(H,18,21). The first kappa shape index (κ1) is 14.9. The summed E-state index contributed by atoms with van der Waals surface area (Å²) in [4.78, 5) is 12.0. The Morgan fingerprint density at radius 2 is 1.90 bits per heavy atom. The zero-order valence-electron chi connectivity index (χ0n) is 11.9. The number of carbonyl (C=O) groups excluding carboxylic acids is 1. The number of anilines is 2. The van der Waals surface area contributed by atoms with Crippen LogP contribution < -0.4 is 10.6 Å². The van der Waals surface area contributed by atoms with E-state index in [1.54, 1.807) is 12.1 Å². The highest BCUT2D eigenvalue weighted by molar-refractivity contribution is 6.02. The van der Waals surface area contributed by atoms with Crippen molar-refractivity contribution in [2.24, 2.45) is 0 Å². The van der Waals surface area contributed by atoms with Crippen molar-refractivity contribution in [2.45, 2.75) is 26.3 Å². The molecular weight excluding hydrogens is 271 g/mol. The van der Waals surface area contributed by atoms with Crippen LogP contribution in [0.25, 0.3) is 0 Å². The summed E-state index contributed by atoms with van der Waals surface area (Å²) < 4.78 is 12.8. The fourth-order valence-electron chi connectivity index (χ4n) is 1.61. The SMILES string of the molecule is CCC(C)Nc1ccc(C(=O)Nc2ccc(F)cc2)nn1. The highest BCUT2D eigenvalue weighted by atomic mass is 19.1. The first-order valence-corrected chi connectivity index (χ1v) is 6.75. The number of benzene rings is 1. The number of nitrogens with zero attached hydrogens (tertiary/aromatic N) is 2. The van der Waals surface area contributed by atoms with Crippen LogP contribution in [0.2, 0.25) is 0 Å². The van der Waals surface area contributed by atoms with Gasteiger partial charge in [0.05, 0.1) is 0 Å². The average molecular weight is 288 g/mol. The van der Waals surface area contributed by atoms with E-state index >= 15 is 0 Å². The second-order valence-electron chi connectivity index (χ2n) is 4.72. The number of aromatic nitrogens is 2. The van der Waals surface area contributed by atoms with Gasteiger partial charge < -0.3 is 10.6 Å². The Bertz CT molecular complexity index is 598. The number of hydrogen-bond acceptors (Lipinski definition) is 4. The molecule has 21 heavy (non-hydrogen) atoms. The van der Waals surface area contributed by atoms with E-state index in [0.717, 1.165) is 6.42 Å². The largest absolute Gasteiger partial charge is 0.366 e. The molecule has 0 aliphatic rings. The van der Waals surface area contributed by atoms with Crippen LogP contribution in [0.5, 0.6) is 0 Å². The molecule has 2 rings (SSSR count). The number of hydrogen-bond donors (Lipinski definition) is 2. The molecule has 0 saturated carbocycles. The molecule has 1 unspecified atom stereocenters. The van der Waals surface area contributed by atoms with Crippen molar-refractivity contribution in [3.05, 3.63) is 47.9 Å². The molecule has 5 nitrogen and oxygen atoms in total. The summed E-state index contributed by atoms with van der Waals surface area (Å²) in [6, 6.07) is 9.12. The van der Waals surface area contributed by atoms with E-state index in [1.807, 2.05) is 6.92 Å². The van der Waals surface area contributed by atoms with E-state index in [1.165, 1.54) is 24.3 Å². The second kappa shape index (κ2) is 6.78. The van der Waals surface area contributed by atoms with Crippen LogP contribution in [0.1, 0.15) is 30.8 Å². The molecule has 0 radical (unpaired) electrons. The molecule has 0 aliphatic heterocycles. The minimum absolute atomic E-state index is 0.203. The van der Waals surface area contributed by atoms with Gasteiger partial charge in [-0.1, -0.05) is 6.92 Å². The Balaban J connectivity index is 2.01. The number of rotatable bonds is 5. The minimum atomic E-state index is -0.385. The van der Waals surface area contributed by atoms with Gasteiger partial charge in [-0.25, -0.2) is 4.39 Å². The number of carbonyl (C=O) groups is 1. The maximum absolute atomic E-state index is 12.8. The van der Waals surface area contributed by atoms with Gasteiger partial charge in [-0.15, -0.1) is 10.2 Å². The van der Waals surface area contributed by atoms with Crippen molar-refractivity contribution in [2.75, 3.05) is 10.6 Å². The van der Waals surface area contributed by atoms with E-state index in [-0.39, 0.29) is 23.5 Å². The lowest BCUT2D eigenvalue weighted by Gasteiger charge is -2.11. The summed E-state index contributed by atoms with van der Waals surface area (Å²) in [5.41, 5.74) is 0.707. The van der Waals surface area contributed by atoms with Crippen molar-refractivity contribution in [3.63, 3.8) is 0 Å². The molecule has 6 heteroatoms. The third kappa shape index (κ3) is 4.24. The lowest BCUT2D eigenvalue weighted by atomic mass is 10.2. The lowest BCUT2D eigenvalue weighted by Crippen LogP contribution is -2.17. The minimum Gasteiger partial charge on any atom is -0.366 e. The summed E-state index contributed by atoms with van der Waals surface area (Å²) in [5.74, 6) is -0.111. The van der Waals surface area contributed by atoms with Gasteiger partial charge in [0.15, 0.2) is 5.69 Å². The normalized spacial score (nSPS) is 11.8. The molecule has 2 aromatic rings. The van der Waals surface area contributed by atoms with Gasteiger partial charge in [0.1, 0.15) is 11.6 Å². The van der Waals surface area contributed by atoms with E-state index in [0.29, 0.717) is 11.5 Å². The third-order valence-electron chi connectivity index (χ3n) is 3.01. The summed E-state index contributed by atoms with van der Waals surface area (Å²) >= 11 is 0. The molecule has 0 bridgehead atoms. The molecule has 0 fully saturated rings. The van der Waals surface area contributed by atoms with Crippen molar-refractivity contribution in [1.29, 1.82) is 0 Å². The van der Waals surface area contributed by atoms with E-state index in [4.69, 9.17) is 0 Å². The van der Waals surface area contributed by atoms with Crippen LogP contribution in [-0.4, -0.2) is 22.1 Å². The summed E-state index contributed by atoms with van der Waals surface area (Å²) in [7, 11) is 0. The van der Waals surface area contributed by atoms with E-state index < -0.39 is 0 Å². The zero-order valence-corrected chi connectivity index (χ0v) is 11.9. The maximum Gasteiger partial charge on any atom is 0.276 e. The highest BCUT2D eigenvalue weighted by Gasteiger charge is 2.09. The molecule has 2 N–H and O–H groups in total. The van der Waals surface area contributed by atoms with Gasteiger partial charge in [0, 0.05) is 11.7 Å². The van der Waals surface area contributed by atoms with Crippen LogP contribution in [0, 0.1) is 5.82 Å². The van der Waals surface area contributed by atoms with Gasteiger partial charge in [-0.05, 0) is 49.7 Å². The number of amides is 1. The summed E-state index contributed by atoms with van der Waals surface area (Å²) in [6.07, 6.45) is 0.967. The van der Waals surface area contributed by atoms with E-state index in [9.17, 15) is 9.18 Å².